The molecule has 0 aliphatic heterocycles. The zero-order valence-corrected chi connectivity index (χ0v) is 11.0. The second kappa shape index (κ2) is 4.77. The van der Waals surface area contributed by atoms with Crippen LogP contribution in [0.5, 0.6) is 5.75 Å². The molecule has 0 saturated heterocycles. The van der Waals surface area contributed by atoms with Crippen LogP contribution in [0.4, 0.5) is 5.69 Å². The van der Waals surface area contributed by atoms with E-state index in [2.05, 4.69) is 0 Å². The number of fused-ring (bicyclic) bond motifs is 1. The Bertz CT molecular complexity index is 817. The molecule has 2 N–H and O–H groups in total. The van der Waals surface area contributed by atoms with E-state index in [1.165, 1.54) is 0 Å². The first-order chi connectivity index (χ1) is 9.67. The first-order valence-electron chi connectivity index (χ1n) is 6.19. The van der Waals surface area contributed by atoms with Crippen molar-refractivity contribution in [2.75, 3.05) is 12.8 Å². The Hall–Kier alpha value is -2.69. The predicted molar refractivity (Wildman–Crippen MR) is 77.0 cm³/mol. The Morgan fingerprint density at radius 1 is 1.25 bits per heavy atom. The van der Waals surface area contributed by atoms with E-state index in [9.17, 15) is 4.79 Å². The van der Waals surface area contributed by atoms with Gasteiger partial charge in [-0.1, -0.05) is 12.1 Å². The first kappa shape index (κ1) is 12.3. The van der Waals surface area contributed by atoms with Crippen molar-refractivity contribution in [2.24, 2.45) is 0 Å². The molecule has 0 spiro atoms. The molecule has 0 aliphatic carbocycles. The number of oxazole rings is 1. The molecule has 0 aliphatic rings. The lowest BCUT2D eigenvalue weighted by Crippen LogP contribution is -2.15. The van der Waals surface area contributed by atoms with Crippen molar-refractivity contribution in [3.63, 3.8) is 0 Å². The molecule has 0 bridgehead atoms. The molecule has 0 unspecified atom stereocenters. The summed E-state index contributed by atoms with van der Waals surface area (Å²) in [5, 5.41) is 0. The quantitative estimate of drug-likeness (QED) is 0.741. The maximum Gasteiger partial charge on any atom is 0.420 e. The Labute approximate surface area is 115 Å². The van der Waals surface area contributed by atoms with E-state index >= 15 is 0 Å². The second-order valence-corrected chi connectivity index (χ2v) is 4.54. The normalized spacial score (nSPS) is 10.8. The number of nitrogens with zero attached hydrogens (tertiary/aromatic N) is 1. The molecule has 2 aromatic carbocycles. The molecule has 5 heteroatoms. The van der Waals surface area contributed by atoms with E-state index in [1.807, 2.05) is 30.3 Å². The summed E-state index contributed by atoms with van der Waals surface area (Å²) in [7, 11) is 1.58. The van der Waals surface area contributed by atoms with Gasteiger partial charge in [-0.3, -0.25) is 4.57 Å². The number of rotatable bonds is 3. The number of hydrogen-bond acceptors (Lipinski definition) is 4. The molecule has 1 heterocycles. The molecule has 3 aromatic rings. The van der Waals surface area contributed by atoms with Crippen LogP contribution in [0, 0.1) is 0 Å². The number of anilines is 1. The number of ether oxygens (including phenoxy) is 1. The minimum absolute atomic E-state index is 0.382. The van der Waals surface area contributed by atoms with Gasteiger partial charge in [0.05, 0.1) is 19.2 Å². The SMILES string of the molecule is COc1cc(N)cc(Cn2c(=O)oc3ccccc32)c1. The summed E-state index contributed by atoms with van der Waals surface area (Å²) in [6.07, 6.45) is 0. The molecule has 102 valence electrons. The summed E-state index contributed by atoms with van der Waals surface area (Å²) in [5.74, 6) is 0.286. The lowest BCUT2D eigenvalue weighted by Gasteiger charge is -2.07. The predicted octanol–water partition coefficient (Wildman–Crippen LogP) is 2.23. The van der Waals surface area contributed by atoms with E-state index in [0.29, 0.717) is 23.6 Å². The maximum absolute atomic E-state index is 11.9. The number of aromatic nitrogens is 1. The number of hydrogen-bond donors (Lipinski definition) is 1. The van der Waals surface area contributed by atoms with Crippen molar-refractivity contribution >= 4 is 16.8 Å². The number of nitrogen functional groups attached to an aromatic ring is 1. The van der Waals surface area contributed by atoms with E-state index in [-0.39, 0.29) is 5.76 Å². The summed E-state index contributed by atoms with van der Waals surface area (Å²) in [6.45, 7) is 0.386. The molecular weight excluding hydrogens is 256 g/mol. The van der Waals surface area contributed by atoms with Crippen molar-refractivity contribution in [2.45, 2.75) is 6.54 Å². The first-order valence-corrected chi connectivity index (χ1v) is 6.19. The molecule has 20 heavy (non-hydrogen) atoms. The van der Waals surface area contributed by atoms with Gasteiger partial charge in [-0.05, 0) is 29.8 Å². The summed E-state index contributed by atoms with van der Waals surface area (Å²) < 4.78 is 12.0. The van der Waals surface area contributed by atoms with Gasteiger partial charge in [0.15, 0.2) is 5.58 Å². The molecule has 0 radical (unpaired) electrons. The third-order valence-corrected chi connectivity index (χ3v) is 3.14. The Morgan fingerprint density at radius 3 is 2.85 bits per heavy atom. The van der Waals surface area contributed by atoms with Crippen molar-refractivity contribution in [1.82, 2.24) is 4.57 Å². The molecule has 5 nitrogen and oxygen atoms in total. The van der Waals surface area contributed by atoms with Crippen LogP contribution in [0.2, 0.25) is 0 Å². The van der Waals surface area contributed by atoms with Gasteiger partial charge in [-0.25, -0.2) is 4.79 Å². The van der Waals surface area contributed by atoms with Gasteiger partial charge in [-0.2, -0.15) is 0 Å². The topological polar surface area (TPSA) is 70.4 Å². The van der Waals surface area contributed by atoms with E-state index in [1.54, 1.807) is 23.8 Å². The minimum atomic E-state index is -0.382. The maximum atomic E-state index is 11.9. The van der Waals surface area contributed by atoms with E-state index in [4.69, 9.17) is 14.9 Å². The Balaban J connectivity index is 2.07. The van der Waals surface area contributed by atoms with Crippen LogP contribution >= 0.6 is 0 Å². The van der Waals surface area contributed by atoms with E-state index < -0.39 is 0 Å². The van der Waals surface area contributed by atoms with Gasteiger partial charge in [0.2, 0.25) is 0 Å². The van der Waals surface area contributed by atoms with Crippen LogP contribution < -0.4 is 16.2 Å². The molecule has 0 saturated carbocycles. The molecule has 1 aromatic heterocycles. The highest BCUT2D eigenvalue weighted by molar-refractivity contribution is 5.72. The van der Waals surface area contributed by atoms with Crippen LogP contribution in [-0.4, -0.2) is 11.7 Å². The van der Waals surface area contributed by atoms with Crippen molar-refractivity contribution in [3.8, 4) is 5.75 Å². The molecular formula is C15H14N2O3. The largest absolute Gasteiger partial charge is 0.497 e. The average Bonchev–Trinajstić information content (AvgIpc) is 2.75. The van der Waals surface area contributed by atoms with Crippen molar-refractivity contribution < 1.29 is 9.15 Å². The number of methoxy groups -OCH3 is 1. The third-order valence-electron chi connectivity index (χ3n) is 3.14. The fraction of sp³-hybridized carbons (Fsp3) is 0.133. The summed E-state index contributed by atoms with van der Waals surface area (Å²) in [4.78, 5) is 11.9. The van der Waals surface area contributed by atoms with Crippen molar-refractivity contribution in [3.05, 3.63) is 58.6 Å². The molecule has 0 fully saturated rings. The van der Waals surface area contributed by atoms with Crippen LogP contribution in [0.15, 0.2) is 51.7 Å². The fourth-order valence-electron chi connectivity index (χ4n) is 2.24. The van der Waals surface area contributed by atoms with Gasteiger partial charge in [0.1, 0.15) is 5.75 Å². The van der Waals surface area contributed by atoms with Crippen LogP contribution in [0.1, 0.15) is 5.56 Å². The van der Waals surface area contributed by atoms with E-state index in [0.717, 1.165) is 11.1 Å². The lowest BCUT2D eigenvalue weighted by atomic mass is 10.2. The summed E-state index contributed by atoms with van der Waals surface area (Å²) >= 11 is 0. The van der Waals surface area contributed by atoms with Gasteiger partial charge in [0.25, 0.3) is 0 Å². The van der Waals surface area contributed by atoms with Crippen molar-refractivity contribution in [1.29, 1.82) is 0 Å². The van der Waals surface area contributed by atoms with Gasteiger partial charge >= 0.3 is 5.76 Å². The van der Waals surface area contributed by atoms with Crippen LogP contribution in [0.25, 0.3) is 11.1 Å². The minimum Gasteiger partial charge on any atom is -0.497 e. The zero-order valence-electron chi connectivity index (χ0n) is 11.0. The summed E-state index contributed by atoms with van der Waals surface area (Å²) in [6, 6.07) is 12.7. The molecule has 0 amide bonds. The monoisotopic (exact) mass is 270 g/mol. The number of benzene rings is 2. The van der Waals surface area contributed by atoms with Gasteiger partial charge in [0, 0.05) is 11.8 Å². The lowest BCUT2D eigenvalue weighted by molar-refractivity contribution is 0.414. The molecule has 0 atom stereocenters. The van der Waals surface area contributed by atoms with Crippen LogP contribution in [-0.2, 0) is 6.54 Å². The smallest absolute Gasteiger partial charge is 0.420 e. The summed E-state index contributed by atoms with van der Waals surface area (Å²) in [5.41, 5.74) is 8.65. The number of nitrogens with two attached hydrogens (primary N) is 1. The second-order valence-electron chi connectivity index (χ2n) is 4.54. The fourth-order valence-corrected chi connectivity index (χ4v) is 2.24. The Kier molecular flexibility index (Phi) is 2.95. The highest BCUT2D eigenvalue weighted by Gasteiger charge is 2.09. The molecule has 3 rings (SSSR count). The number of para-hydroxylation sites is 2. The standard InChI is InChI=1S/C15H14N2O3/c1-19-12-7-10(6-11(16)8-12)9-17-13-4-2-3-5-14(13)20-15(17)18/h2-8H,9,16H2,1H3. The van der Waals surface area contributed by atoms with Crippen LogP contribution in [0.3, 0.4) is 0 Å². The third kappa shape index (κ3) is 2.14. The average molecular weight is 270 g/mol. The zero-order chi connectivity index (χ0) is 14.1. The van der Waals surface area contributed by atoms with Gasteiger partial charge < -0.3 is 14.9 Å². The highest BCUT2D eigenvalue weighted by atomic mass is 16.5. The Morgan fingerprint density at radius 2 is 2.05 bits per heavy atom. The highest BCUT2D eigenvalue weighted by Crippen LogP contribution is 2.20. The van der Waals surface area contributed by atoms with Gasteiger partial charge in [-0.15, -0.1) is 0 Å².